The summed E-state index contributed by atoms with van der Waals surface area (Å²) in [6.45, 7) is 0.931. The Morgan fingerprint density at radius 2 is 2.25 bits per heavy atom. The van der Waals surface area contributed by atoms with Crippen molar-refractivity contribution in [2.45, 2.75) is 31.8 Å². The molecule has 20 heavy (non-hydrogen) atoms. The first-order valence-electron chi connectivity index (χ1n) is 5.78. The summed E-state index contributed by atoms with van der Waals surface area (Å²) < 4.78 is 22.8. The number of hydrogen-bond donors (Lipinski definition) is 2. The number of hydrogen-bond acceptors (Lipinski definition) is 6. The molecule has 0 fully saturated rings. The predicted octanol–water partition coefficient (Wildman–Crippen LogP) is -0.346. The van der Waals surface area contributed by atoms with Crippen molar-refractivity contribution in [1.82, 2.24) is 9.72 Å². The maximum Gasteiger partial charge on any atom is 0.442 e. The highest BCUT2D eigenvalue weighted by molar-refractivity contribution is 5.79. The zero-order valence-electron chi connectivity index (χ0n) is 11.1. The van der Waals surface area contributed by atoms with Gasteiger partial charge >= 0.3 is 17.4 Å². The molecule has 1 heterocycles. The number of nitrogens with two attached hydrogens (primary N) is 1. The van der Waals surface area contributed by atoms with Gasteiger partial charge in [0.15, 0.2) is 0 Å². The Labute approximate surface area is 113 Å². The van der Waals surface area contributed by atoms with E-state index >= 15 is 0 Å². The molecule has 112 valence electrons. The summed E-state index contributed by atoms with van der Waals surface area (Å²) in [5.41, 5.74) is 3.63. The molecule has 1 rings (SSSR count). The number of carbonyl (C=O) groups is 1. The summed E-state index contributed by atoms with van der Waals surface area (Å²) >= 11 is 0. The van der Waals surface area contributed by atoms with Crippen LogP contribution in [0.5, 0.6) is 0 Å². The van der Waals surface area contributed by atoms with Gasteiger partial charge in [0, 0.05) is 0 Å². The van der Waals surface area contributed by atoms with Crippen LogP contribution in [-0.2, 0) is 16.1 Å². The fourth-order valence-electron chi connectivity index (χ4n) is 1.50. The van der Waals surface area contributed by atoms with E-state index in [1.807, 2.05) is 0 Å². The van der Waals surface area contributed by atoms with E-state index in [0.717, 1.165) is 6.08 Å². The maximum atomic E-state index is 13.5. The molecule has 1 aromatic rings. The molecule has 9 heteroatoms. The lowest BCUT2D eigenvalue weighted by molar-refractivity contribution is -0.146. The molecule has 0 saturated heterocycles. The molecule has 0 aliphatic carbocycles. The number of H-pyrrole nitrogens is 1. The quantitative estimate of drug-likeness (QED) is 0.691. The van der Waals surface area contributed by atoms with Crippen LogP contribution in [0.15, 0.2) is 26.0 Å². The van der Waals surface area contributed by atoms with Crippen molar-refractivity contribution in [2.24, 2.45) is 5.73 Å². The monoisotopic (exact) mass is 289 g/mol. The highest BCUT2D eigenvalue weighted by Crippen LogP contribution is 2.13. The molecular formula is C11H16FN3O5. The number of aromatic amines is 1. The minimum atomic E-state index is -1.23. The molecule has 0 aromatic carbocycles. The van der Waals surface area contributed by atoms with Crippen molar-refractivity contribution < 1.29 is 18.4 Å². The molecule has 0 amide bonds. The van der Waals surface area contributed by atoms with Crippen LogP contribution in [-0.4, -0.2) is 28.3 Å². The number of nitrogens with one attached hydrogen (secondary N) is 1. The molecule has 0 aliphatic heterocycles. The molecule has 0 bridgehead atoms. The second kappa shape index (κ2) is 6.33. The highest BCUT2D eigenvalue weighted by Gasteiger charge is 2.28. The highest BCUT2D eigenvalue weighted by atomic mass is 19.1. The average Bonchev–Trinajstić information content (AvgIpc) is 2.69. The third kappa shape index (κ3) is 3.92. The van der Waals surface area contributed by atoms with Gasteiger partial charge in [-0.05, 0) is 19.8 Å². The second-order valence-corrected chi connectivity index (χ2v) is 4.46. The predicted molar refractivity (Wildman–Crippen MR) is 66.6 cm³/mol. The molecule has 1 atom stereocenters. The minimum absolute atomic E-state index is 0.151. The van der Waals surface area contributed by atoms with E-state index in [9.17, 15) is 18.8 Å². The van der Waals surface area contributed by atoms with E-state index in [1.54, 1.807) is 5.16 Å². The van der Waals surface area contributed by atoms with Crippen LogP contribution in [0.4, 0.5) is 4.39 Å². The molecule has 3 N–H and O–H groups in total. The lowest BCUT2D eigenvalue weighted by Crippen LogP contribution is -2.45. The Morgan fingerprint density at radius 3 is 2.75 bits per heavy atom. The number of halogens is 1. The molecule has 0 spiro atoms. The van der Waals surface area contributed by atoms with Gasteiger partial charge in [0.1, 0.15) is 11.4 Å². The topological polar surface area (TPSA) is 120 Å². The number of aromatic nitrogens is 2. The third-order valence-corrected chi connectivity index (χ3v) is 2.68. The molecule has 1 aromatic heterocycles. The van der Waals surface area contributed by atoms with E-state index in [0.29, 0.717) is 4.57 Å². The van der Waals surface area contributed by atoms with Crippen molar-refractivity contribution in [3.05, 3.63) is 32.9 Å². The Hall–Kier alpha value is -2.16. The van der Waals surface area contributed by atoms with Gasteiger partial charge in [0.25, 0.3) is 0 Å². The summed E-state index contributed by atoms with van der Waals surface area (Å²) in [6, 6.07) is 0. The number of allylic oxidation sites excluding steroid dienone is 2. The largest absolute Gasteiger partial charge is 0.468 e. The van der Waals surface area contributed by atoms with Gasteiger partial charge in [0.05, 0.1) is 13.7 Å². The molecular weight excluding hydrogens is 273 g/mol. The number of rotatable bonds is 6. The summed E-state index contributed by atoms with van der Waals surface area (Å²) in [5, 5.41) is 1.79. The first-order valence-corrected chi connectivity index (χ1v) is 5.78. The summed E-state index contributed by atoms with van der Waals surface area (Å²) in [6.07, 6.45) is 1.45. The minimum Gasteiger partial charge on any atom is -0.468 e. The Bertz CT molecular complexity index is 583. The zero-order chi connectivity index (χ0) is 15.3. The van der Waals surface area contributed by atoms with Gasteiger partial charge in [-0.1, -0.05) is 6.08 Å². The van der Waals surface area contributed by atoms with Crippen LogP contribution in [0.25, 0.3) is 0 Å². The molecule has 0 aliphatic rings. The SMILES string of the molecule is COC(=O)C(C)(N)CC/C=C(/F)Cn1c(=O)[nH]oc1=O. The number of nitrogens with zero attached hydrogens (tertiary/aromatic N) is 1. The smallest absolute Gasteiger partial charge is 0.442 e. The fourth-order valence-corrected chi connectivity index (χ4v) is 1.50. The lowest BCUT2D eigenvalue weighted by atomic mass is 9.97. The summed E-state index contributed by atoms with van der Waals surface area (Å²) in [7, 11) is 1.21. The van der Waals surface area contributed by atoms with Crippen molar-refractivity contribution in [1.29, 1.82) is 0 Å². The second-order valence-electron chi connectivity index (χ2n) is 4.46. The normalized spacial score (nSPS) is 14.9. The van der Waals surface area contributed by atoms with E-state index in [-0.39, 0.29) is 12.8 Å². The van der Waals surface area contributed by atoms with Crippen LogP contribution < -0.4 is 17.2 Å². The fraction of sp³-hybridized carbons (Fsp3) is 0.545. The molecule has 8 nitrogen and oxygen atoms in total. The van der Waals surface area contributed by atoms with Crippen LogP contribution >= 0.6 is 0 Å². The summed E-state index contributed by atoms with van der Waals surface area (Å²) in [5.74, 6) is -2.29. The van der Waals surface area contributed by atoms with Crippen molar-refractivity contribution in [3.8, 4) is 0 Å². The van der Waals surface area contributed by atoms with E-state index in [1.165, 1.54) is 14.0 Å². The molecule has 1 unspecified atom stereocenters. The van der Waals surface area contributed by atoms with Crippen LogP contribution in [0.2, 0.25) is 0 Å². The Morgan fingerprint density at radius 1 is 1.60 bits per heavy atom. The molecule has 0 radical (unpaired) electrons. The standard InChI is InChI=1S/C11H16FN3O5/c1-11(13,8(16)19-2)5-3-4-7(12)6-15-9(17)14-20-10(15)18/h4H,3,5-6,13H2,1-2H3,(H,14,17)/b7-4+. The number of carbonyl (C=O) groups excluding carboxylic acids is 1. The van der Waals surface area contributed by atoms with Crippen LogP contribution in [0.3, 0.4) is 0 Å². The van der Waals surface area contributed by atoms with Gasteiger partial charge in [0.2, 0.25) is 0 Å². The van der Waals surface area contributed by atoms with Gasteiger partial charge in [-0.3, -0.25) is 4.79 Å². The number of esters is 1. The van der Waals surface area contributed by atoms with Gasteiger partial charge in [-0.2, -0.15) is 5.16 Å². The van der Waals surface area contributed by atoms with Crippen molar-refractivity contribution in [3.63, 3.8) is 0 Å². The van der Waals surface area contributed by atoms with E-state index < -0.39 is 35.3 Å². The molecule has 0 saturated carbocycles. The number of methoxy groups -OCH3 is 1. The van der Waals surface area contributed by atoms with Crippen LogP contribution in [0, 0.1) is 0 Å². The Balaban J connectivity index is 2.62. The lowest BCUT2D eigenvalue weighted by Gasteiger charge is -2.20. The van der Waals surface area contributed by atoms with Gasteiger partial charge in [-0.25, -0.2) is 18.5 Å². The van der Waals surface area contributed by atoms with Crippen molar-refractivity contribution >= 4 is 5.97 Å². The number of ether oxygens (including phenoxy) is 1. The van der Waals surface area contributed by atoms with E-state index in [4.69, 9.17) is 5.73 Å². The maximum absolute atomic E-state index is 13.5. The first-order chi connectivity index (χ1) is 9.27. The third-order valence-electron chi connectivity index (χ3n) is 2.68. The van der Waals surface area contributed by atoms with Gasteiger partial charge < -0.3 is 15.0 Å². The van der Waals surface area contributed by atoms with E-state index in [2.05, 4.69) is 9.26 Å². The average molecular weight is 289 g/mol. The van der Waals surface area contributed by atoms with Crippen molar-refractivity contribution in [2.75, 3.05) is 7.11 Å². The zero-order valence-corrected chi connectivity index (χ0v) is 11.1. The first kappa shape index (κ1) is 15.9. The Kier molecular flexibility index (Phi) is 5.03. The van der Waals surface area contributed by atoms with Crippen LogP contribution in [0.1, 0.15) is 19.8 Å². The summed E-state index contributed by atoms with van der Waals surface area (Å²) in [4.78, 5) is 33.4. The van der Waals surface area contributed by atoms with Gasteiger partial charge in [-0.15, -0.1) is 0 Å².